The molecule has 2 aromatic heterocycles. The second-order valence-electron chi connectivity index (χ2n) is 10.1. The number of carbonyl (C=O) groups is 1. The molecule has 1 aliphatic heterocycles. The molecule has 4 aromatic rings. The Kier molecular flexibility index (Phi) is 8.14. The van der Waals surface area contributed by atoms with Gasteiger partial charge in [-0.15, -0.1) is 0 Å². The van der Waals surface area contributed by atoms with Crippen molar-refractivity contribution in [2.24, 2.45) is 4.99 Å². The van der Waals surface area contributed by atoms with Crippen molar-refractivity contribution in [3.63, 3.8) is 0 Å². The highest BCUT2D eigenvalue weighted by Gasteiger charge is 2.23. The Morgan fingerprint density at radius 1 is 1.07 bits per heavy atom. The molecule has 0 atom stereocenters. The fourth-order valence-electron chi connectivity index (χ4n) is 5.42. The number of carbonyl (C=O) groups excluding carboxylic acids is 1. The van der Waals surface area contributed by atoms with Crippen LogP contribution in [-0.4, -0.2) is 57.8 Å². The molecule has 0 saturated carbocycles. The van der Waals surface area contributed by atoms with Gasteiger partial charge in [0.15, 0.2) is 17.2 Å². The van der Waals surface area contributed by atoms with Crippen LogP contribution in [0.15, 0.2) is 40.1 Å². The summed E-state index contributed by atoms with van der Waals surface area (Å²) in [6, 6.07) is 9.99. The third-order valence-electron chi connectivity index (χ3n) is 7.28. The van der Waals surface area contributed by atoms with Crippen LogP contribution in [0.4, 0.5) is 5.69 Å². The number of benzene rings is 2. The molecule has 42 heavy (non-hydrogen) atoms. The Morgan fingerprint density at radius 3 is 2.52 bits per heavy atom. The van der Waals surface area contributed by atoms with Gasteiger partial charge in [-0.1, -0.05) is 28.0 Å². The first-order valence-corrected chi connectivity index (χ1v) is 13.8. The van der Waals surface area contributed by atoms with Crippen molar-refractivity contribution >= 4 is 11.6 Å². The number of aromatic nitrogens is 5. The number of hydrogen-bond acceptors (Lipinski definition) is 8. The maximum absolute atomic E-state index is 14.0. The molecule has 2 aromatic carbocycles. The fourth-order valence-corrected chi connectivity index (χ4v) is 5.42. The van der Waals surface area contributed by atoms with E-state index in [1.54, 1.807) is 16.2 Å². The molecule has 12 nitrogen and oxygen atoms in total. The van der Waals surface area contributed by atoms with Crippen LogP contribution in [0.3, 0.4) is 0 Å². The summed E-state index contributed by atoms with van der Waals surface area (Å²) < 4.78 is 19.8. The summed E-state index contributed by atoms with van der Waals surface area (Å²) in [4.78, 5) is 31.8. The summed E-state index contributed by atoms with van der Waals surface area (Å²) >= 11 is 0. The first-order valence-electron chi connectivity index (χ1n) is 13.8. The van der Waals surface area contributed by atoms with E-state index < -0.39 is 5.91 Å². The van der Waals surface area contributed by atoms with E-state index in [1.165, 1.54) is 7.11 Å². The van der Waals surface area contributed by atoms with Gasteiger partial charge < -0.3 is 19.5 Å². The van der Waals surface area contributed by atoms with Gasteiger partial charge in [-0.2, -0.15) is 0 Å². The standard InChI is InChI=1S/C30H35N7O5/c1-7-42-24-14-20-8-10-36-22(21(20)15-23(24)40-5)16-25(32-26-18(3)12-17(2)13-19(26)4)37(30(36)39)11-9-31-28(38)27-29(41-6)34-35-33-27/h12-16H,7-11H2,1-6H3,(H,31,38)(H,33,34,35)/b32-25+. The summed E-state index contributed by atoms with van der Waals surface area (Å²) in [6.45, 7) is 9.36. The van der Waals surface area contributed by atoms with Crippen LogP contribution in [-0.2, 0) is 19.5 Å². The molecule has 220 valence electrons. The molecule has 2 N–H and O–H groups in total. The predicted octanol–water partition coefficient (Wildman–Crippen LogP) is 2.99. The largest absolute Gasteiger partial charge is 0.493 e. The lowest BCUT2D eigenvalue weighted by molar-refractivity contribution is 0.0943. The lowest BCUT2D eigenvalue weighted by Crippen LogP contribution is -2.44. The molecular weight excluding hydrogens is 538 g/mol. The van der Waals surface area contributed by atoms with Crippen LogP contribution in [0.2, 0.25) is 0 Å². The number of nitrogens with zero attached hydrogens (tertiary/aromatic N) is 5. The highest BCUT2D eigenvalue weighted by Crippen LogP contribution is 2.37. The molecule has 0 fully saturated rings. The Hall–Kier alpha value is -4.87. The Balaban J connectivity index is 1.62. The third-order valence-corrected chi connectivity index (χ3v) is 7.28. The minimum atomic E-state index is -0.439. The van der Waals surface area contributed by atoms with Crippen molar-refractivity contribution in [1.82, 2.24) is 29.9 Å². The maximum atomic E-state index is 14.0. The van der Waals surface area contributed by atoms with Crippen LogP contribution in [0, 0.1) is 20.8 Å². The number of amides is 1. The zero-order valence-corrected chi connectivity index (χ0v) is 24.7. The molecule has 0 radical (unpaired) electrons. The minimum Gasteiger partial charge on any atom is -0.493 e. The van der Waals surface area contributed by atoms with Gasteiger partial charge in [0, 0.05) is 31.3 Å². The van der Waals surface area contributed by atoms with Gasteiger partial charge >= 0.3 is 5.69 Å². The van der Waals surface area contributed by atoms with Gasteiger partial charge in [-0.05, 0) is 62.9 Å². The maximum Gasteiger partial charge on any atom is 0.330 e. The van der Waals surface area contributed by atoms with Gasteiger partial charge in [-0.25, -0.2) is 14.9 Å². The number of nitrogens with one attached hydrogen (secondary N) is 2. The molecule has 1 aliphatic rings. The first-order chi connectivity index (χ1) is 20.2. The third kappa shape index (κ3) is 5.39. The van der Waals surface area contributed by atoms with E-state index in [2.05, 4.69) is 32.9 Å². The van der Waals surface area contributed by atoms with E-state index >= 15 is 0 Å². The van der Waals surface area contributed by atoms with Crippen molar-refractivity contribution in [3.8, 4) is 28.6 Å². The normalized spacial score (nSPS) is 12.5. The number of rotatable bonds is 9. The van der Waals surface area contributed by atoms with Crippen LogP contribution in [0.25, 0.3) is 11.3 Å². The van der Waals surface area contributed by atoms with Gasteiger partial charge in [0.25, 0.3) is 11.8 Å². The number of ether oxygens (including phenoxy) is 3. The van der Waals surface area contributed by atoms with Crippen LogP contribution in [0.5, 0.6) is 17.4 Å². The number of H-pyrrole nitrogens is 1. The molecule has 3 heterocycles. The molecule has 0 unspecified atom stereocenters. The molecule has 0 spiro atoms. The van der Waals surface area contributed by atoms with E-state index in [4.69, 9.17) is 19.2 Å². The van der Waals surface area contributed by atoms with Gasteiger partial charge in [0.05, 0.1) is 32.2 Å². The Bertz CT molecular complexity index is 1760. The van der Waals surface area contributed by atoms with Crippen molar-refractivity contribution in [2.75, 3.05) is 27.4 Å². The number of aromatic amines is 1. The Labute approximate surface area is 243 Å². The fraction of sp³-hybridized carbons (Fsp3) is 0.367. The monoisotopic (exact) mass is 573 g/mol. The molecule has 1 amide bonds. The number of fused-ring (bicyclic) bond motifs is 3. The average Bonchev–Trinajstić information content (AvgIpc) is 3.45. The number of methoxy groups -OCH3 is 2. The second kappa shape index (κ2) is 11.9. The number of aryl methyl sites for hydroxylation is 4. The molecule has 0 saturated heterocycles. The van der Waals surface area contributed by atoms with Gasteiger partial charge in [-0.3, -0.25) is 13.9 Å². The lowest BCUT2D eigenvalue weighted by Gasteiger charge is -2.25. The predicted molar refractivity (Wildman–Crippen MR) is 157 cm³/mol. The lowest BCUT2D eigenvalue weighted by atomic mass is 9.97. The zero-order valence-electron chi connectivity index (χ0n) is 24.7. The van der Waals surface area contributed by atoms with E-state index in [0.717, 1.165) is 39.2 Å². The molecule has 0 aliphatic carbocycles. The highest BCUT2D eigenvalue weighted by molar-refractivity contribution is 5.94. The van der Waals surface area contributed by atoms with E-state index in [0.29, 0.717) is 36.6 Å². The van der Waals surface area contributed by atoms with E-state index in [9.17, 15) is 9.59 Å². The molecule has 5 rings (SSSR count). The topological polar surface area (TPSA) is 138 Å². The summed E-state index contributed by atoms with van der Waals surface area (Å²) in [5.41, 5.74) is 7.04. The van der Waals surface area contributed by atoms with Gasteiger partial charge in [0.2, 0.25) is 0 Å². The smallest absolute Gasteiger partial charge is 0.330 e. The van der Waals surface area contributed by atoms with Crippen LogP contribution >= 0.6 is 0 Å². The summed E-state index contributed by atoms with van der Waals surface area (Å²) in [7, 11) is 3.01. The first kappa shape index (κ1) is 28.7. The average molecular weight is 574 g/mol. The summed E-state index contributed by atoms with van der Waals surface area (Å²) in [5, 5.41) is 12.7. The van der Waals surface area contributed by atoms with E-state index in [-0.39, 0.29) is 30.4 Å². The molecule has 0 bridgehead atoms. The van der Waals surface area contributed by atoms with Crippen LogP contribution in [0.1, 0.15) is 39.7 Å². The van der Waals surface area contributed by atoms with Crippen molar-refractivity contribution in [2.45, 2.75) is 47.2 Å². The SMILES string of the molecule is CCOc1cc2c(cc1OC)-c1c/c(=N\c3c(C)cc(C)cc3C)n(CCNC(=O)c3[nH]nnc3OC)c(=O)n1CC2. The Morgan fingerprint density at radius 2 is 1.83 bits per heavy atom. The van der Waals surface area contributed by atoms with Crippen molar-refractivity contribution < 1.29 is 19.0 Å². The van der Waals surface area contributed by atoms with Crippen molar-refractivity contribution in [3.05, 3.63) is 74.3 Å². The highest BCUT2D eigenvalue weighted by atomic mass is 16.5. The van der Waals surface area contributed by atoms with Gasteiger partial charge in [0.1, 0.15) is 5.49 Å². The van der Waals surface area contributed by atoms with Crippen molar-refractivity contribution in [1.29, 1.82) is 0 Å². The minimum absolute atomic E-state index is 0.0941. The van der Waals surface area contributed by atoms with E-state index in [1.807, 2.05) is 45.9 Å². The summed E-state index contributed by atoms with van der Waals surface area (Å²) in [5.74, 6) is 0.932. The second-order valence-corrected chi connectivity index (χ2v) is 10.1. The molecular formula is C30H35N7O5. The number of hydrogen-bond donors (Lipinski definition) is 2. The van der Waals surface area contributed by atoms with Crippen LogP contribution < -0.4 is 30.7 Å². The molecule has 12 heteroatoms. The summed E-state index contributed by atoms with van der Waals surface area (Å²) in [6.07, 6.45) is 0.655. The quantitative estimate of drug-likeness (QED) is 0.314. The zero-order chi connectivity index (χ0) is 30.0.